The maximum atomic E-state index is 5.88. The molecule has 1 aromatic heterocycles. The van der Waals surface area contributed by atoms with Gasteiger partial charge in [0.2, 0.25) is 5.88 Å². The van der Waals surface area contributed by atoms with E-state index < -0.39 is 0 Å². The lowest BCUT2D eigenvalue weighted by Gasteiger charge is -2.12. The minimum absolute atomic E-state index is 0.0972. The summed E-state index contributed by atoms with van der Waals surface area (Å²) in [5.74, 6) is 1.38. The van der Waals surface area contributed by atoms with Crippen molar-refractivity contribution >= 4 is 22.6 Å². The van der Waals surface area contributed by atoms with Gasteiger partial charge < -0.3 is 10.5 Å². The van der Waals surface area contributed by atoms with Crippen LogP contribution in [0, 0.1) is 3.57 Å². The smallest absolute Gasteiger partial charge is 0.224 e. The zero-order chi connectivity index (χ0) is 12.3. The molecule has 0 aliphatic rings. The lowest BCUT2D eigenvalue weighted by atomic mass is 10.1. The summed E-state index contributed by atoms with van der Waals surface area (Å²) in [4.78, 5) is 4.23. The van der Waals surface area contributed by atoms with Crippen LogP contribution in [0.5, 0.6) is 11.6 Å². The van der Waals surface area contributed by atoms with Crippen molar-refractivity contribution in [3.8, 4) is 11.6 Å². The Bertz CT molecular complexity index is 514. The summed E-state index contributed by atoms with van der Waals surface area (Å²) in [6, 6.07) is 11.5. The molecule has 0 radical (unpaired) electrons. The van der Waals surface area contributed by atoms with E-state index in [-0.39, 0.29) is 6.04 Å². The SMILES string of the molecule is C[C@H](N)c1cccnc1Oc1ccccc1I. The normalized spacial score (nSPS) is 12.2. The first kappa shape index (κ1) is 12.3. The number of nitrogens with zero attached hydrogens (tertiary/aromatic N) is 1. The Kier molecular flexibility index (Phi) is 3.96. The van der Waals surface area contributed by atoms with Gasteiger partial charge in [-0.1, -0.05) is 18.2 Å². The topological polar surface area (TPSA) is 48.1 Å². The first-order chi connectivity index (χ1) is 8.18. The van der Waals surface area contributed by atoms with Crippen LogP contribution in [0.4, 0.5) is 0 Å². The highest BCUT2D eigenvalue weighted by Crippen LogP contribution is 2.29. The van der Waals surface area contributed by atoms with Gasteiger partial charge in [-0.3, -0.25) is 0 Å². The van der Waals surface area contributed by atoms with Crippen LogP contribution < -0.4 is 10.5 Å². The third-order valence-corrected chi connectivity index (χ3v) is 3.23. The van der Waals surface area contributed by atoms with E-state index in [2.05, 4.69) is 27.6 Å². The van der Waals surface area contributed by atoms with Crippen molar-refractivity contribution in [1.29, 1.82) is 0 Å². The van der Waals surface area contributed by atoms with Crippen molar-refractivity contribution in [3.05, 3.63) is 51.7 Å². The highest BCUT2D eigenvalue weighted by atomic mass is 127. The minimum Gasteiger partial charge on any atom is -0.438 e. The van der Waals surface area contributed by atoms with E-state index in [1.165, 1.54) is 0 Å². The fourth-order valence-corrected chi connectivity index (χ4v) is 1.96. The quantitative estimate of drug-likeness (QED) is 0.870. The van der Waals surface area contributed by atoms with Crippen LogP contribution in [0.3, 0.4) is 0 Å². The zero-order valence-corrected chi connectivity index (χ0v) is 11.6. The average molecular weight is 340 g/mol. The Morgan fingerprint density at radius 3 is 2.71 bits per heavy atom. The molecule has 17 heavy (non-hydrogen) atoms. The summed E-state index contributed by atoms with van der Waals surface area (Å²) in [6.45, 7) is 1.92. The summed E-state index contributed by atoms with van der Waals surface area (Å²) >= 11 is 2.23. The number of rotatable bonds is 3. The molecule has 0 saturated carbocycles. The Balaban J connectivity index is 2.34. The molecule has 0 aliphatic carbocycles. The van der Waals surface area contributed by atoms with Gasteiger partial charge in [0.25, 0.3) is 0 Å². The largest absolute Gasteiger partial charge is 0.438 e. The van der Waals surface area contributed by atoms with Crippen molar-refractivity contribution in [2.45, 2.75) is 13.0 Å². The molecule has 0 amide bonds. The average Bonchev–Trinajstić information content (AvgIpc) is 2.32. The number of halogens is 1. The molecular weight excluding hydrogens is 327 g/mol. The van der Waals surface area contributed by atoms with Crippen LogP contribution in [-0.4, -0.2) is 4.98 Å². The van der Waals surface area contributed by atoms with Gasteiger partial charge in [-0.15, -0.1) is 0 Å². The molecule has 0 aliphatic heterocycles. The van der Waals surface area contributed by atoms with E-state index in [9.17, 15) is 0 Å². The van der Waals surface area contributed by atoms with Crippen molar-refractivity contribution in [1.82, 2.24) is 4.98 Å². The number of hydrogen-bond donors (Lipinski definition) is 1. The van der Waals surface area contributed by atoms with Crippen LogP contribution in [-0.2, 0) is 0 Å². The van der Waals surface area contributed by atoms with E-state index in [4.69, 9.17) is 10.5 Å². The predicted octanol–water partition coefficient (Wildman–Crippen LogP) is 3.50. The van der Waals surface area contributed by atoms with Gasteiger partial charge in [-0.05, 0) is 47.7 Å². The minimum atomic E-state index is -0.0972. The fourth-order valence-electron chi connectivity index (χ4n) is 1.47. The van der Waals surface area contributed by atoms with Gasteiger partial charge in [0.1, 0.15) is 5.75 Å². The summed E-state index contributed by atoms with van der Waals surface area (Å²) in [5.41, 5.74) is 6.79. The van der Waals surface area contributed by atoms with Crippen molar-refractivity contribution < 1.29 is 4.74 Å². The summed E-state index contributed by atoms with van der Waals surface area (Å²) in [5, 5.41) is 0. The first-order valence-electron chi connectivity index (χ1n) is 5.31. The molecule has 2 aromatic rings. The number of aromatic nitrogens is 1. The maximum absolute atomic E-state index is 5.88. The van der Waals surface area contributed by atoms with Crippen LogP contribution >= 0.6 is 22.6 Å². The summed E-state index contributed by atoms with van der Waals surface area (Å²) in [7, 11) is 0. The van der Waals surface area contributed by atoms with Gasteiger partial charge in [-0.2, -0.15) is 0 Å². The molecule has 0 fully saturated rings. The molecule has 4 heteroatoms. The van der Waals surface area contributed by atoms with Gasteiger partial charge in [0, 0.05) is 17.8 Å². The Morgan fingerprint density at radius 1 is 1.24 bits per heavy atom. The molecule has 1 atom stereocenters. The second-order valence-corrected chi connectivity index (χ2v) is 4.88. The van der Waals surface area contributed by atoms with Crippen molar-refractivity contribution in [2.75, 3.05) is 0 Å². The van der Waals surface area contributed by atoms with Crippen LogP contribution in [0.25, 0.3) is 0 Å². The molecule has 1 aromatic carbocycles. The third kappa shape index (κ3) is 2.95. The third-order valence-electron chi connectivity index (χ3n) is 2.33. The second-order valence-electron chi connectivity index (χ2n) is 3.72. The monoisotopic (exact) mass is 340 g/mol. The van der Waals surface area contributed by atoms with Gasteiger partial charge in [0.15, 0.2) is 0 Å². The van der Waals surface area contributed by atoms with E-state index >= 15 is 0 Å². The number of para-hydroxylation sites is 1. The fraction of sp³-hybridized carbons (Fsp3) is 0.154. The molecule has 0 spiro atoms. The van der Waals surface area contributed by atoms with E-state index in [0.717, 1.165) is 14.9 Å². The number of benzene rings is 1. The van der Waals surface area contributed by atoms with Crippen molar-refractivity contribution in [3.63, 3.8) is 0 Å². The van der Waals surface area contributed by atoms with Crippen molar-refractivity contribution in [2.24, 2.45) is 5.73 Å². The highest BCUT2D eigenvalue weighted by Gasteiger charge is 2.10. The Labute approximate surface area is 114 Å². The number of pyridine rings is 1. The van der Waals surface area contributed by atoms with Gasteiger partial charge in [-0.25, -0.2) is 4.98 Å². The molecular formula is C13H13IN2O. The second kappa shape index (κ2) is 5.46. The van der Waals surface area contributed by atoms with Gasteiger partial charge in [0.05, 0.1) is 3.57 Å². The van der Waals surface area contributed by atoms with E-state index in [1.807, 2.05) is 43.3 Å². The molecule has 88 valence electrons. The molecule has 2 rings (SSSR count). The summed E-state index contributed by atoms with van der Waals surface area (Å²) in [6.07, 6.45) is 1.71. The number of hydrogen-bond acceptors (Lipinski definition) is 3. The standard InChI is InChI=1S/C13H13IN2O/c1-9(15)10-5-4-8-16-13(10)17-12-7-3-2-6-11(12)14/h2-9H,15H2,1H3/t9-/m0/s1. The maximum Gasteiger partial charge on any atom is 0.224 e. The molecule has 0 saturated heterocycles. The van der Waals surface area contributed by atoms with Crippen LogP contribution in [0.2, 0.25) is 0 Å². The first-order valence-corrected chi connectivity index (χ1v) is 6.39. The molecule has 1 heterocycles. The molecule has 2 N–H and O–H groups in total. The van der Waals surface area contributed by atoms with Crippen LogP contribution in [0.1, 0.15) is 18.5 Å². The Hall–Kier alpha value is -1.14. The lowest BCUT2D eigenvalue weighted by molar-refractivity contribution is 0.449. The van der Waals surface area contributed by atoms with E-state index in [0.29, 0.717) is 5.88 Å². The predicted molar refractivity (Wildman–Crippen MR) is 76.1 cm³/mol. The summed E-state index contributed by atoms with van der Waals surface area (Å²) < 4.78 is 6.85. The highest BCUT2D eigenvalue weighted by molar-refractivity contribution is 14.1. The Morgan fingerprint density at radius 2 is 2.00 bits per heavy atom. The number of ether oxygens (including phenoxy) is 1. The molecule has 3 nitrogen and oxygen atoms in total. The lowest BCUT2D eigenvalue weighted by Crippen LogP contribution is -2.07. The number of nitrogens with two attached hydrogens (primary N) is 1. The molecule has 0 bridgehead atoms. The van der Waals surface area contributed by atoms with Gasteiger partial charge >= 0.3 is 0 Å². The van der Waals surface area contributed by atoms with E-state index in [1.54, 1.807) is 6.20 Å². The zero-order valence-electron chi connectivity index (χ0n) is 9.43. The molecule has 0 unspecified atom stereocenters. The van der Waals surface area contributed by atoms with Crippen LogP contribution in [0.15, 0.2) is 42.6 Å².